The van der Waals surface area contributed by atoms with Crippen molar-refractivity contribution in [2.45, 2.75) is 30.1 Å². The van der Waals surface area contributed by atoms with Gasteiger partial charge in [0, 0.05) is 44.0 Å². The minimum Gasteiger partial charge on any atom is -0.455 e. The van der Waals surface area contributed by atoms with Crippen LogP contribution >= 0.6 is 0 Å². The van der Waals surface area contributed by atoms with Crippen LogP contribution in [0.15, 0.2) is 249 Å². The summed E-state index contributed by atoms with van der Waals surface area (Å²) in [6.45, 7) is 4.79. The van der Waals surface area contributed by atoms with E-state index in [0.29, 0.717) is 0 Å². The third-order valence-corrected chi connectivity index (χ3v) is 18.1. The summed E-state index contributed by atoms with van der Waals surface area (Å²) in [6, 6.07) is 94.0. The molecule has 0 unspecified atom stereocenters. The van der Waals surface area contributed by atoms with Crippen molar-refractivity contribution in [2.24, 2.45) is 0 Å². The van der Waals surface area contributed by atoms with Crippen LogP contribution in [0.25, 0.3) is 66.1 Å². The Balaban J connectivity index is 1.03. The summed E-state index contributed by atoms with van der Waals surface area (Å²) < 4.78 is 7.41. The standard InChI is InChI=1S/C73H47NO/c1-71(2)53-29-12-9-26-50(53)66-58(71)34-17-37-63(66)74(64-38-18-35-59-67(64)51-27-10-15-32-56(51)72(59)54-30-13-7-24-48(54)49-25-8-14-31-55(49)72)65-39-19-36-60-68(65)52-28-11-16-33-57(52)73(60)61-42-40-44-20-3-5-22-46(44)69(61)75-70-47-23-6-4-21-45(47)41-43-62(70)73/h3-43H,1-2H3. The molecule has 4 aliphatic carbocycles. The molecule has 1 aliphatic heterocycles. The first-order chi connectivity index (χ1) is 37.0. The van der Waals surface area contributed by atoms with Crippen molar-refractivity contribution >= 4 is 38.6 Å². The van der Waals surface area contributed by atoms with E-state index < -0.39 is 10.8 Å². The molecule has 1 heterocycles. The fourth-order valence-electron chi connectivity index (χ4n) is 15.2. The van der Waals surface area contributed by atoms with E-state index >= 15 is 0 Å². The summed E-state index contributed by atoms with van der Waals surface area (Å²) in [4.78, 5) is 2.68. The number of benzene rings is 12. The highest BCUT2D eigenvalue weighted by Crippen LogP contribution is 2.69. The number of rotatable bonds is 3. The van der Waals surface area contributed by atoms with E-state index in [4.69, 9.17) is 4.74 Å². The van der Waals surface area contributed by atoms with Crippen LogP contribution in [0.2, 0.25) is 0 Å². The van der Waals surface area contributed by atoms with Crippen molar-refractivity contribution in [3.63, 3.8) is 0 Å². The second-order valence-electron chi connectivity index (χ2n) is 21.7. The summed E-state index contributed by atoms with van der Waals surface area (Å²) in [6.07, 6.45) is 0. The molecule has 75 heavy (non-hydrogen) atoms. The van der Waals surface area contributed by atoms with Crippen LogP contribution in [-0.4, -0.2) is 0 Å². The molecular formula is C73H47NO. The summed E-state index contributed by atoms with van der Waals surface area (Å²) in [7, 11) is 0. The van der Waals surface area contributed by atoms with Gasteiger partial charge in [0.05, 0.1) is 27.9 Å². The molecule has 5 aliphatic rings. The monoisotopic (exact) mass is 953 g/mol. The van der Waals surface area contributed by atoms with Crippen LogP contribution in [0.1, 0.15) is 69.5 Å². The van der Waals surface area contributed by atoms with Gasteiger partial charge in [-0.05, 0) is 101 Å². The maximum absolute atomic E-state index is 7.41. The van der Waals surface area contributed by atoms with Crippen LogP contribution in [0.3, 0.4) is 0 Å². The van der Waals surface area contributed by atoms with Gasteiger partial charge in [0.2, 0.25) is 0 Å². The lowest BCUT2D eigenvalue weighted by Gasteiger charge is -2.40. The molecule has 2 spiro atoms. The smallest absolute Gasteiger partial charge is 0.140 e. The number of ether oxygens (including phenoxy) is 1. The van der Waals surface area contributed by atoms with Gasteiger partial charge in [-0.25, -0.2) is 0 Å². The lowest BCUT2D eigenvalue weighted by atomic mass is 9.65. The quantitative estimate of drug-likeness (QED) is 0.175. The first-order valence-corrected chi connectivity index (χ1v) is 26.4. The number of nitrogens with zero attached hydrogens (tertiary/aromatic N) is 1. The van der Waals surface area contributed by atoms with Crippen LogP contribution in [-0.2, 0) is 16.2 Å². The third kappa shape index (κ3) is 4.92. The van der Waals surface area contributed by atoms with E-state index in [1.165, 1.54) is 94.7 Å². The molecule has 0 atom stereocenters. The number of hydrogen-bond acceptors (Lipinski definition) is 2. The average Bonchev–Trinajstić information content (AvgIpc) is 4.13. The molecule has 0 aromatic heterocycles. The highest BCUT2D eigenvalue weighted by Gasteiger charge is 2.55. The van der Waals surface area contributed by atoms with Gasteiger partial charge in [-0.1, -0.05) is 244 Å². The molecule has 0 radical (unpaired) electrons. The summed E-state index contributed by atoms with van der Waals surface area (Å²) in [5.41, 5.74) is 25.0. The Hall–Kier alpha value is -9.24. The maximum atomic E-state index is 7.41. The Morgan fingerprint density at radius 3 is 1.08 bits per heavy atom. The van der Waals surface area contributed by atoms with Gasteiger partial charge in [-0.3, -0.25) is 0 Å². The van der Waals surface area contributed by atoms with Gasteiger partial charge in [-0.15, -0.1) is 0 Å². The molecule has 0 saturated heterocycles. The minimum atomic E-state index is -0.718. The molecule has 2 nitrogen and oxygen atoms in total. The van der Waals surface area contributed by atoms with Crippen molar-refractivity contribution in [2.75, 3.05) is 4.90 Å². The molecule has 350 valence electrons. The van der Waals surface area contributed by atoms with E-state index in [1.54, 1.807) is 0 Å². The third-order valence-electron chi connectivity index (χ3n) is 18.1. The van der Waals surface area contributed by atoms with Crippen LogP contribution < -0.4 is 9.64 Å². The van der Waals surface area contributed by atoms with Crippen molar-refractivity contribution in [1.29, 1.82) is 0 Å². The molecule has 0 saturated carbocycles. The van der Waals surface area contributed by atoms with Crippen LogP contribution in [0.4, 0.5) is 17.1 Å². The van der Waals surface area contributed by atoms with E-state index in [0.717, 1.165) is 55.5 Å². The lowest BCUT2D eigenvalue weighted by Crippen LogP contribution is -2.32. The predicted molar refractivity (Wildman–Crippen MR) is 307 cm³/mol. The second-order valence-corrected chi connectivity index (χ2v) is 21.7. The fraction of sp³-hybridized carbons (Fsp3) is 0.0685. The summed E-state index contributed by atoms with van der Waals surface area (Å²) >= 11 is 0. The second kappa shape index (κ2) is 14.5. The number of fused-ring (bicyclic) bond motifs is 26. The first kappa shape index (κ1) is 41.3. The van der Waals surface area contributed by atoms with Gasteiger partial charge in [0.1, 0.15) is 11.5 Å². The van der Waals surface area contributed by atoms with E-state index in [-0.39, 0.29) is 5.41 Å². The highest BCUT2D eigenvalue weighted by atomic mass is 16.5. The zero-order valence-electron chi connectivity index (χ0n) is 41.5. The molecule has 12 aromatic carbocycles. The number of hydrogen-bond donors (Lipinski definition) is 0. The van der Waals surface area contributed by atoms with Gasteiger partial charge in [-0.2, -0.15) is 0 Å². The highest BCUT2D eigenvalue weighted by molar-refractivity contribution is 6.08. The average molecular weight is 954 g/mol. The molecule has 0 N–H and O–H groups in total. The zero-order valence-corrected chi connectivity index (χ0v) is 41.5. The van der Waals surface area contributed by atoms with Crippen LogP contribution in [0, 0.1) is 0 Å². The maximum Gasteiger partial charge on any atom is 0.140 e. The van der Waals surface area contributed by atoms with Gasteiger partial charge in [0.15, 0.2) is 0 Å². The van der Waals surface area contributed by atoms with Gasteiger partial charge >= 0.3 is 0 Å². The molecule has 0 bridgehead atoms. The Morgan fingerprint density at radius 1 is 0.267 bits per heavy atom. The number of anilines is 3. The first-order valence-electron chi connectivity index (χ1n) is 26.4. The van der Waals surface area contributed by atoms with Crippen LogP contribution in [0.5, 0.6) is 11.5 Å². The summed E-state index contributed by atoms with van der Waals surface area (Å²) in [5, 5.41) is 4.54. The Kier molecular flexibility index (Phi) is 7.97. The largest absolute Gasteiger partial charge is 0.455 e. The lowest BCUT2D eigenvalue weighted by molar-refractivity contribution is 0.447. The topological polar surface area (TPSA) is 12.5 Å². The predicted octanol–water partition coefficient (Wildman–Crippen LogP) is 18.6. The molecule has 12 aromatic rings. The summed E-state index contributed by atoms with van der Waals surface area (Å²) in [5.74, 6) is 1.84. The van der Waals surface area contributed by atoms with E-state index in [9.17, 15) is 0 Å². The van der Waals surface area contributed by atoms with Gasteiger partial charge in [0.25, 0.3) is 0 Å². The molecular weight excluding hydrogens is 907 g/mol. The SMILES string of the molecule is CC1(C)c2ccccc2-c2c(N(c3cccc4c3-c3ccccc3C43c4ccccc4-c4ccccc43)c3cccc4c3-c3ccccc3C43c4ccc5ccccc5c4Oc4c3ccc3ccccc43)cccc21. The fourth-order valence-corrected chi connectivity index (χ4v) is 15.2. The molecule has 0 amide bonds. The van der Waals surface area contributed by atoms with Crippen molar-refractivity contribution < 1.29 is 4.74 Å². The van der Waals surface area contributed by atoms with E-state index in [1.807, 2.05) is 0 Å². The Labute approximate surface area is 436 Å². The molecule has 2 heteroatoms. The molecule has 17 rings (SSSR count). The zero-order chi connectivity index (χ0) is 49.4. The van der Waals surface area contributed by atoms with Crippen molar-refractivity contribution in [1.82, 2.24) is 0 Å². The van der Waals surface area contributed by atoms with E-state index in [2.05, 4.69) is 267 Å². The van der Waals surface area contributed by atoms with Crippen molar-refractivity contribution in [3.8, 4) is 56.0 Å². The molecule has 0 fully saturated rings. The Morgan fingerprint density at radius 2 is 0.600 bits per heavy atom. The van der Waals surface area contributed by atoms with Gasteiger partial charge < -0.3 is 9.64 Å². The normalized spacial score (nSPS) is 15.2. The Bertz CT molecular complexity index is 4380. The minimum absolute atomic E-state index is 0.212. The van der Waals surface area contributed by atoms with Crippen molar-refractivity contribution in [3.05, 3.63) is 304 Å².